The summed E-state index contributed by atoms with van der Waals surface area (Å²) in [5.41, 5.74) is 12.0. The lowest BCUT2D eigenvalue weighted by Gasteiger charge is -2.15. The van der Waals surface area contributed by atoms with Crippen molar-refractivity contribution in [1.29, 1.82) is 0 Å². The number of aromatic nitrogens is 2. The number of hydrogen-bond acceptors (Lipinski definition) is 5. The van der Waals surface area contributed by atoms with Gasteiger partial charge in [-0.15, -0.1) is 0 Å². The number of aryl methyl sites for hydroxylation is 3. The van der Waals surface area contributed by atoms with E-state index in [4.69, 9.17) is 10.7 Å². The molecule has 1 aliphatic heterocycles. The summed E-state index contributed by atoms with van der Waals surface area (Å²) in [6.45, 7) is 6.78. The zero-order chi connectivity index (χ0) is 28.6. The first-order valence-corrected chi connectivity index (χ1v) is 14.0. The number of rotatable bonds is 11. The predicted molar refractivity (Wildman–Crippen MR) is 162 cm³/mol. The second kappa shape index (κ2) is 13.2. The first-order valence-electron chi connectivity index (χ1n) is 14.0. The van der Waals surface area contributed by atoms with Crippen LogP contribution in [0.2, 0.25) is 0 Å². The Morgan fingerprint density at radius 3 is 2.73 bits per heavy atom. The number of unbranched alkanes of at least 4 members (excludes halogenated alkanes) is 2. The predicted octanol–water partition coefficient (Wildman–Crippen LogP) is 5.50. The second-order valence-electron chi connectivity index (χ2n) is 10.6. The Morgan fingerprint density at radius 2 is 1.93 bits per heavy atom. The van der Waals surface area contributed by atoms with E-state index in [1.54, 1.807) is 0 Å². The van der Waals surface area contributed by atoms with Crippen LogP contribution in [-0.2, 0) is 18.3 Å². The fourth-order valence-electron chi connectivity index (χ4n) is 4.91. The molecular weight excluding hydrogens is 500 g/mol. The first-order chi connectivity index (χ1) is 19.2. The lowest BCUT2D eigenvalue weighted by molar-refractivity contribution is -0.118. The van der Waals surface area contributed by atoms with Gasteiger partial charge in [0.1, 0.15) is 5.84 Å². The molecule has 0 fully saturated rings. The fraction of sp³-hybridized carbons (Fsp3) is 0.375. The van der Waals surface area contributed by atoms with E-state index in [0.29, 0.717) is 24.9 Å². The van der Waals surface area contributed by atoms with Crippen LogP contribution in [0.5, 0.6) is 0 Å². The Kier molecular flexibility index (Phi) is 9.53. The maximum atomic E-state index is 12.9. The number of nitrogens with zero attached hydrogens (tertiary/aromatic N) is 3. The largest absolute Gasteiger partial charge is 0.370 e. The first kappa shape index (κ1) is 28.8. The molecule has 0 aliphatic carbocycles. The topological polar surface area (TPSA) is 114 Å². The highest BCUT2D eigenvalue weighted by Gasteiger charge is 2.15. The molecule has 8 heteroatoms. The fourth-order valence-corrected chi connectivity index (χ4v) is 4.91. The van der Waals surface area contributed by atoms with Crippen LogP contribution in [0, 0.1) is 19.8 Å². The Hall–Kier alpha value is -4.20. The highest BCUT2D eigenvalue weighted by atomic mass is 16.2. The third-order valence-electron chi connectivity index (χ3n) is 7.38. The summed E-state index contributed by atoms with van der Waals surface area (Å²) < 4.78 is 1.92. The third-order valence-corrected chi connectivity index (χ3v) is 7.38. The van der Waals surface area contributed by atoms with Gasteiger partial charge in [0.25, 0.3) is 5.91 Å². The number of carbonyl (C=O) groups is 2. The van der Waals surface area contributed by atoms with Gasteiger partial charge in [0, 0.05) is 60.4 Å². The molecule has 4 rings (SSSR count). The van der Waals surface area contributed by atoms with Crippen molar-refractivity contribution >= 4 is 34.2 Å². The minimum absolute atomic E-state index is 0.104. The summed E-state index contributed by atoms with van der Waals surface area (Å²) in [4.78, 5) is 28.7. The van der Waals surface area contributed by atoms with Crippen molar-refractivity contribution in [2.45, 2.75) is 59.3 Å². The molecule has 2 aromatic carbocycles. The molecule has 0 saturated heterocycles. The van der Waals surface area contributed by atoms with Crippen LogP contribution in [-0.4, -0.2) is 34.0 Å². The van der Waals surface area contributed by atoms with E-state index in [0.717, 1.165) is 54.0 Å². The van der Waals surface area contributed by atoms with Gasteiger partial charge in [-0.2, -0.15) is 5.10 Å². The van der Waals surface area contributed by atoms with E-state index in [1.807, 2.05) is 36.9 Å². The average molecular weight is 541 g/mol. The van der Waals surface area contributed by atoms with E-state index >= 15 is 0 Å². The van der Waals surface area contributed by atoms with Gasteiger partial charge >= 0.3 is 0 Å². The van der Waals surface area contributed by atoms with Crippen molar-refractivity contribution in [3.63, 3.8) is 0 Å². The van der Waals surface area contributed by atoms with Gasteiger partial charge in [0.15, 0.2) is 0 Å². The van der Waals surface area contributed by atoms with Gasteiger partial charge in [-0.05, 0) is 68.5 Å². The number of anilines is 1. The number of fused-ring (bicyclic) bond motifs is 1. The number of nitrogens with two attached hydrogens (primary N) is 1. The van der Waals surface area contributed by atoms with E-state index in [-0.39, 0.29) is 17.7 Å². The van der Waals surface area contributed by atoms with Crippen molar-refractivity contribution in [1.82, 2.24) is 15.1 Å². The van der Waals surface area contributed by atoms with E-state index in [2.05, 4.69) is 66.0 Å². The smallest absolute Gasteiger partial charge is 0.251 e. The Labute approximate surface area is 236 Å². The van der Waals surface area contributed by atoms with Gasteiger partial charge in [-0.25, -0.2) is 4.99 Å². The summed E-state index contributed by atoms with van der Waals surface area (Å²) in [6, 6.07) is 12.3. The number of carbonyl (C=O) groups excluding carboxylic acids is 2. The molecule has 1 atom stereocenters. The number of hydrogen-bond donors (Lipinski definition) is 3. The highest BCUT2D eigenvalue weighted by Crippen LogP contribution is 2.25. The van der Waals surface area contributed by atoms with E-state index < -0.39 is 0 Å². The molecule has 3 aromatic rings. The average Bonchev–Trinajstić information content (AvgIpc) is 3.06. The summed E-state index contributed by atoms with van der Waals surface area (Å²) in [5.74, 6) is 0.664. The van der Waals surface area contributed by atoms with Crippen LogP contribution in [0.3, 0.4) is 0 Å². The lowest BCUT2D eigenvalue weighted by atomic mass is 9.97. The molecule has 210 valence electrons. The SMILES string of the molecule is Cc1ccc(NC2=NC(C(C)Cc3ccc4c(C)n(C)nc4c3)=CC=CC2)cc1C(=O)NCCCCCC(N)=O. The van der Waals surface area contributed by atoms with Crippen molar-refractivity contribution in [2.24, 2.45) is 23.7 Å². The minimum atomic E-state index is -0.285. The lowest BCUT2D eigenvalue weighted by Crippen LogP contribution is -2.25. The molecule has 8 nitrogen and oxygen atoms in total. The molecule has 0 radical (unpaired) electrons. The molecule has 1 aromatic heterocycles. The van der Waals surface area contributed by atoms with Crippen molar-refractivity contribution < 1.29 is 9.59 Å². The molecule has 2 amide bonds. The van der Waals surface area contributed by atoms with Crippen molar-refractivity contribution in [3.8, 4) is 0 Å². The number of amides is 2. The number of amidine groups is 1. The van der Waals surface area contributed by atoms with Gasteiger partial charge in [-0.3, -0.25) is 14.3 Å². The summed E-state index contributed by atoms with van der Waals surface area (Å²) >= 11 is 0. The minimum Gasteiger partial charge on any atom is -0.370 e. The molecule has 2 heterocycles. The molecule has 0 saturated carbocycles. The molecule has 40 heavy (non-hydrogen) atoms. The van der Waals surface area contributed by atoms with Crippen molar-refractivity contribution in [2.75, 3.05) is 11.9 Å². The Balaban J connectivity index is 1.39. The maximum Gasteiger partial charge on any atom is 0.251 e. The van der Waals surface area contributed by atoms with Gasteiger partial charge < -0.3 is 16.4 Å². The molecule has 1 aliphatic rings. The third kappa shape index (κ3) is 7.46. The molecule has 1 unspecified atom stereocenters. The van der Waals surface area contributed by atoms with Gasteiger partial charge in [-0.1, -0.05) is 43.7 Å². The van der Waals surface area contributed by atoms with E-state index in [1.165, 1.54) is 16.6 Å². The molecule has 0 spiro atoms. The summed E-state index contributed by atoms with van der Waals surface area (Å²) in [5, 5.41) is 12.3. The number of aliphatic imine (C=N–C) groups is 1. The number of benzene rings is 2. The van der Waals surface area contributed by atoms with E-state index in [9.17, 15) is 9.59 Å². The highest BCUT2D eigenvalue weighted by molar-refractivity contribution is 6.00. The normalized spacial score (nSPS) is 13.9. The second-order valence-corrected chi connectivity index (χ2v) is 10.6. The van der Waals surface area contributed by atoms with Gasteiger partial charge in [0.2, 0.25) is 5.91 Å². The summed E-state index contributed by atoms with van der Waals surface area (Å²) in [6.07, 6.45) is 10.6. The number of primary amides is 1. The van der Waals surface area contributed by atoms with Gasteiger partial charge in [0.05, 0.1) is 5.52 Å². The zero-order valence-electron chi connectivity index (χ0n) is 24.0. The van der Waals surface area contributed by atoms with Crippen LogP contribution in [0.15, 0.2) is 65.3 Å². The standard InChI is InChI=1S/C32H40N6O2/c1-21-13-15-25(20-27(21)32(40)34-17-9-5-6-11-30(33)39)35-31-12-8-7-10-28(36-31)22(2)18-24-14-16-26-23(3)38(4)37-29(26)19-24/h7-8,10,13-16,19-20,22H,5-6,9,11-12,17-18H2,1-4H3,(H2,33,39)(H,34,40)(H,35,36). The summed E-state index contributed by atoms with van der Waals surface area (Å²) in [7, 11) is 1.98. The number of allylic oxidation sites excluding steroid dienone is 3. The zero-order valence-corrected chi connectivity index (χ0v) is 24.0. The quantitative estimate of drug-likeness (QED) is 0.279. The van der Waals surface area contributed by atoms with Crippen LogP contribution >= 0.6 is 0 Å². The van der Waals surface area contributed by atoms with Crippen LogP contribution < -0.4 is 16.4 Å². The maximum absolute atomic E-state index is 12.9. The van der Waals surface area contributed by atoms with Crippen molar-refractivity contribution in [3.05, 3.63) is 82.7 Å². The Morgan fingerprint density at radius 1 is 1.10 bits per heavy atom. The Bertz CT molecular complexity index is 1480. The number of nitrogens with one attached hydrogen (secondary N) is 2. The molecule has 0 bridgehead atoms. The van der Waals surface area contributed by atoms with Crippen LogP contribution in [0.25, 0.3) is 10.9 Å². The molecular formula is C32H40N6O2. The van der Waals surface area contributed by atoms with Crippen LogP contribution in [0.1, 0.15) is 66.2 Å². The molecule has 4 N–H and O–H groups in total. The monoisotopic (exact) mass is 540 g/mol. The van der Waals surface area contributed by atoms with Crippen LogP contribution in [0.4, 0.5) is 5.69 Å².